The van der Waals surface area contributed by atoms with Gasteiger partial charge >= 0.3 is 0 Å². The quantitative estimate of drug-likeness (QED) is 0.891. The molecule has 0 saturated carbocycles. The molecular weight excluding hydrogens is 301 g/mol. The van der Waals surface area contributed by atoms with E-state index in [0.29, 0.717) is 3.92 Å². The lowest BCUT2D eigenvalue weighted by Gasteiger charge is -2.12. The Bertz CT molecular complexity index is 441. The first-order valence-electron chi connectivity index (χ1n) is 4.18. The number of amides is 2. The second-order valence-corrected chi connectivity index (χ2v) is 5.71. The van der Waals surface area contributed by atoms with Gasteiger partial charge < -0.3 is 11.1 Å². The van der Waals surface area contributed by atoms with Gasteiger partial charge in [0.15, 0.2) is 15.3 Å². The Morgan fingerprint density at radius 2 is 2.12 bits per heavy atom. The molecule has 0 fully saturated rings. The van der Waals surface area contributed by atoms with Gasteiger partial charge in [0.2, 0.25) is 0 Å². The van der Waals surface area contributed by atoms with E-state index in [-0.39, 0.29) is 10.7 Å². The molecule has 88 valence electrons. The van der Waals surface area contributed by atoms with Crippen LogP contribution in [-0.2, 0) is 4.79 Å². The van der Waals surface area contributed by atoms with Crippen molar-refractivity contribution in [3.05, 3.63) is 9.61 Å². The highest BCUT2D eigenvalue weighted by Crippen LogP contribution is 2.29. The van der Waals surface area contributed by atoms with Crippen LogP contribution in [-0.4, -0.2) is 22.5 Å². The monoisotopic (exact) mass is 309 g/mol. The van der Waals surface area contributed by atoms with Gasteiger partial charge in [0.1, 0.15) is 5.00 Å². The number of primary amides is 1. The van der Waals surface area contributed by atoms with Crippen molar-refractivity contribution in [3.63, 3.8) is 0 Å². The van der Waals surface area contributed by atoms with Gasteiger partial charge in [-0.1, -0.05) is 11.3 Å². The van der Waals surface area contributed by atoms with Crippen molar-refractivity contribution in [3.8, 4) is 0 Å². The molecule has 8 heteroatoms. The van der Waals surface area contributed by atoms with E-state index in [4.69, 9.17) is 5.73 Å². The molecule has 0 spiro atoms. The van der Waals surface area contributed by atoms with Gasteiger partial charge in [0.05, 0.1) is 0 Å². The molecule has 0 unspecified atom stereocenters. The molecule has 5 nitrogen and oxygen atoms in total. The molecule has 1 aromatic heterocycles. The van der Waals surface area contributed by atoms with Crippen molar-refractivity contribution in [2.45, 2.75) is 19.5 Å². The second-order valence-electron chi connectivity index (χ2n) is 3.44. The smallest absolute Gasteiger partial charge is 0.270 e. The molecule has 0 saturated heterocycles. The lowest BCUT2D eigenvalue weighted by molar-refractivity contribution is -0.125. The minimum atomic E-state index is -2.04. The Morgan fingerprint density at radius 1 is 1.56 bits per heavy atom. The Balaban J connectivity index is 2.98. The van der Waals surface area contributed by atoms with E-state index >= 15 is 0 Å². The first kappa shape index (κ1) is 13.0. The van der Waals surface area contributed by atoms with Crippen LogP contribution in [0, 0.1) is 0 Å². The van der Waals surface area contributed by atoms with Crippen LogP contribution < -0.4 is 11.1 Å². The zero-order valence-corrected chi connectivity index (χ0v) is 10.9. The number of nitrogens with zero attached hydrogens (tertiary/aromatic N) is 1. The number of nitrogens with two attached hydrogens (primary N) is 1. The Labute approximate surface area is 103 Å². The summed E-state index contributed by atoms with van der Waals surface area (Å²) < 4.78 is 13.6. The largest absolute Gasteiger partial charge is 0.364 e. The number of halogens is 2. The maximum atomic E-state index is 13.3. The van der Waals surface area contributed by atoms with Crippen molar-refractivity contribution < 1.29 is 14.0 Å². The van der Waals surface area contributed by atoms with Crippen LogP contribution in [0.2, 0.25) is 0 Å². The van der Waals surface area contributed by atoms with Gasteiger partial charge in [-0.15, -0.1) is 0 Å². The van der Waals surface area contributed by atoms with Crippen LogP contribution in [0.4, 0.5) is 9.39 Å². The molecule has 0 aliphatic rings. The number of thiazole rings is 1. The van der Waals surface area contributed by atoms with Gasteiger partial charge in [-0.2, -0.15) is 0 Å². The minimum Gasteiger partial charge on any atom is -0.364 e. The van der Waals surface area contributed by atoms with Crippen LogP contribution in [0.25, 0.3) is 0 Å². The highest BCUT2D eigenvalue weighted by atomic mass is 79.9. The molecule has 3 N–H and O–H groups in total. The number of hydrogen-bond donors (Lipinski definition) is 2. The third-order valence-corrected chi connectivity index (χ3v) is 3.02. The number of carbonyl (C=O) groups excluding carboxylic acids is 2. The maximum Gasteiger partial charge on any atom is 0.270 e. The summed E-state index contributed by atoms with van der Waals surface area (Å²) in [6.07, 6.45) is 0. The molecule has 1 rings (SSSR count). The molecular formula is C8H9BrFN3O2S. The molecule has 0 radical (unpaired) electrons. The van der Waals surface area contributed by atoms with Crippen LogP contribution in [0.3, 0.4) is 0 Å². The highest BCUT2D eigenvalue weighted by Gasteiger charge is 2.28. The average molecular weight is 310 g/mol. The van der Waals surface area contributed by atoms with Gasteiger partial charge in [-0.25, -0.2) is 9.37 Å². The van der Waals surface area contributed by atoms with E-state index < -0.39 is 17.5 Å². The fraction of sp³-hybridized carbons (Fsp3) is 0.375. The van der Waals surface area contributed by atoms with E-state index in [9.17, 15) is 14.0 Å². The predicted molar refractivity (Wildman–Crippen MR) is 62.1 cm³/mol. The van der Waals surface area contributed by atoms with Crippen LogP contribution >= 0.6 is 27.3 Å². The van der Waals surface area contributed by atoms with Gasteiger partial charge in [0.25, 0.3) is 11.8 Å². The number of hydrogen-bond acceptors (Lipinski definition) is 4. The number of rotatable bonds is 3. The number of nitrogens with one attached hydrogen (secondary N) is 1. The average Bonchev–Trinajstić information content (AvgIpc) is 2.45. The third kappa shape index (κ3) is 2.99. The molecule has 1 heterocycles. The Kier molecular flexibility index (Phi) is 3.64. The Morgan fingerprint density at radius 3 is 2.56 bits per heavy atom. The van der Waals surface area contributed by atoms with E-state index in [1.165, 1.54) is 0 Å². The topological polar surface area (TPSA) is 85.1 Å². The molecule has 0 aliphatic heterocycles. The first-order valence-corrected chi connectivity index (χ1v) is 5.79. The number of carbonyl (C=O) groups is 2. The van der Waals surface area contributed by atoms with Crippen molar-refractivity contribution >= 4 is 44.1 Å². The molecule has 16 heavy (non-hydrogen) atoms. The van der Waals surface area contributed by atoms with Crippen molar-refractivity contribution in [2.24, 2.45) is 5.73 Å². The van der Waals surface area contributed by atoms with E-state index in [1.54, 1.807) is 0 Å². The zero-order valence-electron chi connectivity index (χ0n) is 8.51. The van der Waals surface area contributed by atoms with E-state index in [0.717, 1.165) is 25.2 Å². The normalized spacial score (nSPS) is 11.2. The lowest BCUT2D eigenvalue weighted by Crippen LogP contribution is -2.33. The van der Waals surface area contributed by atoms with Crippen molar-refractivity contribution in [2.75, 3.05) is 5.32 Å². The molecule has 1 aromatic rings. The summed E-state index contributed by atoms with van der Waals surface area (Å²) in [5.41, 5.74) is 2.93. The number of alkyl halides is 1. The standard InChI is InChI=1S/C8H9BrFN3O2S/c1-8(2,10)6(15)13-5-3(4(11)14)12-7(9)16-5/h1-2H3,(H2,11,14)(H,13,15). The number of anilines is 1. The summed E-state index contributed by atoms with van der Waals surface area (Å²) in [5, 5.41) is 2.40. The summed E-state index contributed by atoms with van der Waals surface area (Å²) in [4.78, 5) is 26.1. The summed E-state index contributed by atoms with van der Waals surface area (Å²) in [7, 11) is 0. The second kappa shape index (κ2) is 4.46. The van der Waals surface area contributed by atoms with Crippen molar-refractivity contribution in [1.82, 2.24) is 4.98 Å². The number of aromatic nitrogens is 1. The zero-order chi connectivity index (χ0) is 12.5. The van der Waals surface area contributed by atoms with E-state index in [2.05, 4.69) is 26.2 Å². The summed E-state index contributed by atoms with van der Waals surface area (Å²) in [6, 6.07) is 0. The predicted octanol–water partition coefficient (Wildman–Crippen LogP) is 1.69. The highest BCUT2D eigenvalue weighted by molar-refractivity contribution is 9.11. The molecule has 2 amide bonds. The summed E-state index contributed by atoms with van der Waals surface area (Å²) in [5.74, 6) is -1.64. The van der Waals surface area contributed by atoms with Gasteiger partial charge in [-0.3, -0.25) is 9.59 Å². The third-order valence-electron chi connectivity index (χ3n) is 1.60. The SMILES string of the molecule is CC(C)(F)C(=O)Nc1sc(Br)nc1C(N)=O. The maximum absolute atomic E-state index is 13.3. The van der Waals surface area contributed by atoms with Crippen LogP contribution in [0.1, 0.15) is 24.3 Å². The fourth-order valence-corrected chi connectivity index (χ4v) is 2.15. The van der Waals surface area contributed by atoms with Gasteiger partial charge in [0, 0.05) is 0 Å². The summed E-state index contributed by atoms with van der Waals surface area (Å²) >= 11 is 4.04. The van der Waals surface area contributed by atoms with Crippen molar-refractivity contribution in [1.29, 1.82) is 0 Å². The summed E-state index contributed by atoms with van der Waals surface area (Å²) in [6.45, 7) is 2.23. The molecule has 0 bridgehead atoms. The van der Waals surface area contributed by atoms with Gasteiger partial charge in [-0.05, 0) is 29.8 Å². The Hall–Kier alpha value is -1.02. The van der Waals surface area contributed by atoms with E-state index in [1.807, 2.05) is 0 Å². The molecule has 0 atom stereocenters. The lowest BCUT2D eigenvalue weighted by atomic mass is 10.1. The van der Waals surface area contributed by atoms with Crippen LogP contribution in [0.15, 0.2) is 3.92 Å². The minimum absolute atomic E-state index is 0.0884. The first-order chi connectivity index (χ1) is 7.21. The molecule has 0 aromatic carbocycles. The molecule has 0 aliphatic carbocycles. The van der Waals surface area contributed by atoms with Crippen LogP contribution in [0.5, 0.6) is 0 Å². The fourth-order valence-electron chi connectivity index (χ4n) is 0.797.